The van der Waals surface area contributed by atoms with Crippen LogP contribution in [0.3, 0.4) is 0 Å². The minimum absolute atomic E-state index is 0.212. The van der Waals surface area contributed by atoms with Crippen molar-refractivity contribution in [1.29, 1.82) is 0 Å². The average molecular weight is 410 g/mol. The molecule has 0 bridgehead atoms. The van der Waals surface area contributed by atoms with Gasteiger partial charge in [0.25, 0.3) is 0 Å². The van der Waals surface area contributed by atoms with Gasteiger partial charge in [-0.15, -0.1) is 0 Å². The summed E-state index contributed by atoms with van der Waals surface area (Å²) in [4.78, 5) is 13.1. The number of rotatable bonds is 6. The number of hydrogen-bond acceptors (Lipinski definition) is 4. The third kappa shape index (κ3) is 3.73. The van der Waals surface area contributed by atoms with E-state index in [0.717, 1.165) is 10.9 Å². The summed E-state index contributed by atoms with van der Waals surface area (Å²) in [6.07, 6.45) is 1.48. The van der Waals surface area contributed by atoms with Crippen molar-refractivity contribution >= 4 is 27.7 Å². The van der Waals surface area contributed by atoms with Crippen LogP contribution >= 0.6 is 0 Å². The van der Waals surface area contributed by atoms with E-state index in [0.29, 0.717) is 46.2 Å². The molecule has 3 aromatic carbocycles. The molecular formula is C27H22O4. The van der Waals surface area contributed by atoms with Crippen molar-refractivity contribution in [2.75, 3.05) is 0 Å². The maximum atomic E-state index is 13.1. The number of furan rings is 2. The summed E-state index contributed by atoms with van der Waals surface area (Å²) >= 11 is 0. The summed E-state index contributed by atoms with van der Waals surface area (Å²) in [6, 6.07) is 23.3. The Bertz CT molecular complexity index is 1340. The number of fused-ring (bicyclic) bond motifs is 2. The highest BCUT2D eigenvalue weighted by molar-refractivity contribution is 6.15. The van der Waals surface area contributed by atoms with Gasteiger partial charge in [0, 0.05) is 10.8 Å². The predicted octanol–water partition coefficient (Wildman–Crippen LogP) is 7.11. The lowest BCUT2D eigenvalue weighted by atomic mass is 10.0. The highest BCUT2D eigenvalue weighted by Crippen LogP contribution is 2.29. The SMILES string of the molecule is CC(C)c1ccc(COc2ccc3occ(C(=O)c4cc5ccccc5o4)c3c2)cc1. The molecule has 0 spiro atoms. The molecular weight excluding hydrogens is 388 g/mol. The van der Waals surface area contributed by atoms with Gasteiger partial charge in [-0.3, -0.25) is 4.79 Å². The fourth-order valence-corrected chi connectivity index (χ4v) is 3.67. The topological polar surface area (TPSA) is 52.6 Å². The fourth-order valence-electron chi connectivity index (χ4n) is 3.67. The predicted molar refractivity (Wildman–Crippen MR) is 121 cm³/mol. The third-order valence-electron chi connectivity index (χ3n) is 5.49. The number of para-hydroxylation sites is 1. The van der Waals surface area contributed by atoms with Gasteiger partial charge in [0.15, 0.2) is 5.76 Å². The largest absolute Gasteiger partial charge is 0.489 e. The van der Waals surface area contributed by atoms with Crippen LogP contribution in [0.15, 0.2) is 87.9 Å². The molecule has 0 fully saturated rings. The Labute approximate surface area is 180 Å². The molecule has 2 heterocycles. The Morgan fingerprint density at radius 1 is 0.935 bits per heavy atom. The van der Waals surface area contributed by atoms with Crippen LogP contribution in [0.25, 0.3) is 21.9 Å². The maximum absolute atomic E-state index is 13.1. The molecule has 0 aliphatic carbocycles. The Kier molecular flexibility index (Phi) is 4.83. The van der Waals surface area contributed by atoms with Crippen molar-refractivity contribution < 1.29 is 18.4 Å². The summed E-state index contributed by atoms with van der Waals surface area (Å²) < 4.78 is 17.3. The van der Waals surface area contributed by atoms with E-state index in [1.54, 1.807) is 6.07 Å². The van der Waals surface area contributed by atoms with Crippen molar-refractivity contribution in [2.24, 2.45) is 0 Å². The molecule has 2 aromatic heterocycles. The van der Waals surface area contributed by atoms with Crippen LogP contribution in [0.2, 0.25) is 0 Å². The lowest BCUT2D eigenvalue weighted by Crippen LogP contribution is -1.99. The number of ether oxygens (including phenoxy) is 1. The molecule has 4 nitrogen and oxygen atoms in total. The van der Waals surface area contributed by atoms with Crippen LogP contribution in [0.4, 0.5) is 0 Å². The van der Waals surface area contributed by atoms with E-state index in [1.807, 2.05) is 42.5 Å². The number of ketones is 1. The van der Waals surface area contributed by atoms with Crippen LogP contribution in [-0.2, 0) is 6.61 Å². The quantitative estimate of drug-likeness (QED) is 0.280. The van der Waals surface area contributed by atoms with E-state index >= 15 is 0 Å². The summed E-state index contributed by atoms with van der Waals surface area (Å²) in [5.41, 5.74) is 4.17. The number of carbonyl (C=O) groups is 1. The fraction of sp³-hybridized carbons (Fsp3) is 0.148. The van der Waals surface area contributed by atoms with Crippen molar-refractivity contribution in [3.63, 3.8) is 0 Å². The second kappa shape index (κ2) is 7.80. The van der Waals surface area contributed by atoms with Gasteiger partial charge in [0.1, 0.15) is 29.8 Å². The normalized spacial score (nSPS) is 11.5. The molecule has 0 aliphatic rings. The smallest absolute Gasteiger partial charge is 0.232 e. The van der Waals surface area contributed by atoms with Crippen LogP contribution in [0.1, 0.15) is 47.0 Å². The Morgan fingerprint density at radius 2 is 1.74 bits per heavy atom. The maximum Gasteiger partial charge on any atom is 0.232 e. The molecule has 5 rings (SSSR count). The number of carbonyl (C=O) groups excluding carboxylic acids is 1. The molecule has 0 aliphatic heterocycles. The van der Waals surface area contributed by atoms with Gasteiger partial charge in [0.2, 0.25) is 5.78 Å². The first kappa shape index (κ1) is 19.2. The van der Waals surface area contributed by atoms with Gasteiger partial charge in [0.05, 0.1) is 5.56 Å². The Hall–Kier alpha value is -3.79. The van der Waals surface area contributed by atoms with Crippen LogP contribution in [0, 0.1) is 0 Å². The van der Waals surface area contributed by atoms with Gasteiger partial charge in [-0.05, 0) is 47.4 Å². The van der Waals surface area contributed by atoms with Gasteiger partial charge in [-0.25, -0.2) is 0 Å². The second-order valence-electron chi connectivity index (χ2n) is 7.97. The first-order valence-corrected chi connectivity index (χ1v) is 10.3. The molecule has 4 heteroatoms. The number of hydrogen-bond donors (Lipinski definition) is 0. The van der Waals surface area contributed by atoms with Crippen molar-refractivity contribution in [1.82, 2.24) is 0 Å². The average Bonchev–Trinajstić information content (AvgIpc) is 3.41. The van der Waals surface area contributed by atoms with Gasteiger partial charge in [-0.2, -0.15) is 0 Å². The molecule has 0 saturated carbocycles. The van der Waals surface area contributed by atoms with E-state index in [-0.39, 0.29) is 5.78 Å². The summed E-state index contributed by atoms with van der Waals surface area (Å²) in [7, 11) is 0. The minimum atomic E-state index is -0.212. The lowest BCUT2D eigenvalue weighted by molar-refractivity contribution is 0.101. The first-order valence-electron chi connectivity index (χ1n) is 10.3. The summed E-state index contributed by atoms with van der Waals surface area (Å²) in [6.45, 7) is 4.81. The minimum Gasteiger partial charge on any atom is -0.489 e. The zero-order valence-electron chi connectivity index (χ0n) is 17.4. The summed E-state index contributed by atoms with van der Waals surface area (Å²) in [5.74, 6) is 1.26. The van der Waals surface area contributed by atoms with Crippen LogP contribution in [-0.4, -0.2) is 5.78 Å². The van der Waals surface area contributed by atoms with Gasteiger partial charge in [-0.1, -0.05) is 56.3 Å². The summed E-state index contributed by atoms with van der Waals surface area (Å²) in [5, 5.41) is 1.60. The second-order valence-corrected chi connectivity index (χ2v) is 7.97. The molecule has 154 valence electrons. The molecule has 0 saturated heterocycles. The molecule has 0 amide bonds. The zero-order valence-corrected chi connectivity index (χ0v) is 17.4. The van der Waals surface area contributed by atoms with Crippen molar-refractivity contribution in [2.45, 2.75) is 26.4 Å². The standard InChI is InChI=1S/C27H22O4/c1-17(2)19-9-7-18(8-10-19)15-29-21-11-12-25-22(14-21)23(16-30-25)27(28)26-13-20-5-3-4-6-24(20)31-26/h3-14,16-17H,15H2,1-2H3. The van der Waals surface area contributed by atoms with E-state index in [1.165, 1.54) is 11.8 Å². The molecule has 0 atom stereocenters. The highest BCUT2D eigenvalue weighted by atomic mass is 16.5. The monoisotopic (exact) mass is 410 g/mol. The zero-order chi connectivity index (χ0) is 21.4. The number of benzene rings is 3. The van der Waals surface area contributed by atoms with Gasteiger partial charge < -0.3 is 13.6 Å². The lowest BCUT2D eigenvalue weighted by Gasteiger charge is -2.09. The van der Waals surface area contributed by atoms with Crippen molar-refractivity contribution in [3.8, 4) is 5.75 Å². The Balaban J connectivity index is 1.39. The van der Waals surface area contributed by atoms with Crippen LogP contribution in [0.5, 0.6) is 5.75 Å². The van der Waals surface area contributed by atoms with E-state index < -0.39 is 0 Å². The third-order valence-corrected chi connectivity index (χ3v) is 5.49. The van der Waals surface area contributed by atoms with Gasteiger partial charge >= 0.3 is 0 Å². The molecule has 0 N–H and O–H groups in total. The molecule has 5 aromatic rings. The Morgan fingerprint density at radius 3 is 2.52 bits per heavy atom. The van der Waals surface area contributed by atoms with Crippen LogP contribution < -0.4 is 4.74 Å². The first-order chi connectivity index (χ1) is 15.1. The van der Waals surface area contributed by atoms with E-state index in [9.17, 15) is 4.79 Å². The van der Waals surface area contributed by atoms with Crippen molar-refractivity contribution in [3.05, 3.63) is 102 Å². The van der Waals surface area contributed by atoms with E-state index in [2.05, 4.69) is 38.1 Å². The van der Waals surface area contributed by atoms with E-state index in [4.69, 9.17) is 13.6 Å². The highest BCUT2D eigenvalue weighted by Gasteiger charge is 2.20. The molecule has 0 radical (unpaired) electrons. The molecule has 31 heavy (non-hydrogen) atoms. The molecule has 0 unspecified atom stereocenters.